The van der Waals surface area contributed by atoms with E-state index >= 15 is 0 Å². The van der Waals surface area contributed by atoms with Crippen molar-refractivity contribution in [1.29, 1.82) is 0 Å². The Morgan fingerprint density at radius 1 is 1.35 bits per heavy atom. The van der Waals surface area contributed by atoms with Gasteiger partial charge in [-0.3, -0.25) is 0 Å². The van der Waals surface area contributed by atoms with Gasteiger partial charge >= 0.3 is 0 Å². The normalized spacial score (nSPS) is 23.6. The minimum atomic E-state index is -1.05. The Balaban J connectivity index is 2.70. The van der Waals surface area contributed by atoms with Crippen molar-refractivity contribution in [3.8, 4) is 0 Å². The first kappa shape index (κ1) is 15.3. The van der Waals surface area contributed by atoms with E-state index in [-0.39, 0.29) is 22.8 Å². The van der Waals surface area contributed by atoms with Crippen LogP contribution in [0.25, 0.3) is 0 Å². The average molecular weight is 261 g/mol. The number of hydrogen-bond donors (Lipinski definition) is 2. The van der Waals surface area contributed by atoms with Crippen LogP contribution in [-0.4, -0.2) is 27.1 Å². The largest absolute Gasteiger partial charge is 0.598 e. The van der Waals surface area contributed by atoms with Crippen LogP contribution in [0.3, 0.4) is 0 Å². The zero-order chi connectivity index (χ0) is 13.1. The van der Waals surface area contributed by atoms with Gasteiger partial charge in [-0.2, -0.15) is 0 Å². The van der Waals surface area contributed by atoms with Crippen LogP contribution in [0, 0.1) is 5.41 Å². The lowest BCUT2D eigenvalue weighted by Gasteiger charge is -2.37. The molecule has 1 aliphatic carbocycles. The van der Waals surface area contributed by atoms with Gasteiger partial charge in [-0.1, -0.05) is 19.8 Å². The van der Waals surface area contributed by atoms with Crippen molar-refractivity contribution in [2.24, 2.45) is 5.41 Å². The maximum atomic E-state index is 12.2. The third-order valence-electron chi connectivity index (χ3n) is 3.87. The van der Waals surface area contributed by atoms with Gasteiger partial charge in [-0.05, 0) is 40.0 Å². The van der Waals surface area contributed by atoms with E-state index in [0.29, 0.717) is 0 Å². The van der Waals surface area contributed by atoms with Crippen molar-refractivity contribution in [1.82, 2.24) is 4.72 Å². The SMILES string of the molecule is CC[C@@H](N[S+]([O-])C(C)(C)C)C1(CO)CCCC1. The average Bonchev–Trinajstić information content (AvgIpc) is 2.73. The number of hydrogen-bond acceptors (Lipinski definition) is 3. The molecule has 0 heterocycles. The van der Waals surface area contributed by atoms with E-state index in [9.17, 15) is 9.66 Å². The minimum Gasteiger partial charge on any atom is -0.598 e. The Morgan fingerprint density at radius 3 is 2.24 bits per heavy atom. The molecule has 1 rings (SSSR count). The summed E-state index contributed by atoms with van der Waals surface area (Å²) in [5.41, 5.74) is -0.0460. The molecule has 0 aliphatic heterocycles. The summed E-state index contributed by atoms with van der Waals surface area (Å²) in [6, 6.07) is 0.162. The lowest BCUT2D eigenvalue weighted by molar-refractivity contribution is 0.0936. The highest BCUT2D eigenvalue weighted by Gasteiger charge is 2.43. The van der Waals surface area contributed by atoms with E-state index in [4.69, 9.17) is 0 Å². The van der Waals surface area contributed by atoms with E-state index in [1.165, 1.54) is 12.8 Å². The molecule has 0 spiro atoms. The molecule has 0 aromatic carbocycles. The molecular formula is C13H27NO2S. The zero-order valence-corrected chi connectivity index (χ0v) is 12.4. The molecule has 0 aromatic heterocycles. The smallest absolute Gasteiger partial charge is 0.136 e. The fraction of sp³-hybridized carbons (Fsp3) is 1.00. The second-order valence-electron chi connectivity index (χ2n) is 6.19. The predicted molar refractivity (Wildman–Crippen MR) is 73.1 cm³/mol. The van der Waals surface area contributed by atoms with E-state index in [2.05, 4.69) is 11.6 Å². The molecule has 0 radical (unpaired) electrons. The molecule has 17 heavy (non-hydrogen) atoms. The molecule has 1 fully saturated rings. The quantitative estimate of drug-likeness (QED) is 0.747. The fourth-order valence-corrected chi connectivity index (χ4v) is 3.67. The van der Waals surface area contributed by atoms with Crippen LogP contribution in [0.1, 0.15) is 59.8 Å². The summed E-state index contributed by atoms with van der Waals surface area (Å²) in [5.74, 6) is 0. The van der Waals surface area contributed by atoms with Gasteiger partial charge in [0.15, 0.2) is 0 Å². The summed E-state index contributed by atoms with van der Waals surface area (Å²) in [6.07, 6.45) is 5.39. The molecule has 2 atom stereocenters. The van der Waals surface area contributed by atoms with E-state index in [1.807, 2.05) is 20.8 Å². The first-order valence-electron chi connectivity index (χ1n) is 6.64. The van der Waals surface area contributed by atoms with Crippen molar-refractivity contribution in [2.45, 2.75) is 70.6 Å². The van der Waals surface area contributed by atoms with Gasteiger partial charge in [0.05, 0.1) is 12.6 Å². The van der Waals surface area contributed by atoms with Crippen molar-refractivity contribution >= 4 is 11.4 Å². The van der Waals surface area contributed by atoms with Crippen LogP contribution in [0.5, 0.6) is 0 Å². The molecular weight excluding hydrogens is 234 g/mol. The number of aliphatic hydroxyl groups excluding tert-OH is 1. The molecule has 1 unspecified atom stereocenters. The molecule has 102 valence electrons. The van der Waals surface area contributed by atoms with Crippen LogP contribution in [0.2, 0.25) is 0 Å². The Bertz CT molecular complexity index is 234. The third kappa shape index (κ3) is 3.60. The monoisotopic (exact) mass is 261 g/mol. The van der Waals surface area contributed by atoms with Gasteiger partial charge in [0.2, 0.25) is 0 Å². The number of rotatable bonds is 5. The second kappa shape index (κ2) is 5.91. The highest BCUT2D eigenvalue weighted by Crippen LogP contribution is 2.42. The summed E-state index contributed by atoms with van der Waals surface area (Å²) in [5, 5.41) is 9.69. The molecule has 0 amide bonds. The molecule has 1 saturated carbocycles. The molecule has 0 bridgehead atoms. The first-order valence-corrected chi connectivity index (χ1v) is 7.79. The minimum absolute atomic E-state index is 0.0460. The molecule has 0 saturated heterocycles. The third-order valence-corrected chi connectivity index (χ3v) is 5.48. The van der Waals surface area contributed by atoms with Crippen LogP contribution >= 0.6 is 0 Å². The Labute approximate surface area is 109 Å². The lowest BCUT2D eigenvalue weighted by Crippen LogP contribution is -2.52. The van der Waals surface area contributed by atoms with Crippen molar-refractivity contribution in [2.75, 3.05) is 6.61 Å². The molecule has 3 nitrogen and oxygen atoms in total. The number of aliphatic hydroxyl groups is 1. The van der Waals surface area contributed by atoms with Crippen LogP contribution in [0.15, 0.2) is 0 Å². The van der Waals surface area contributed by atoms with Crippen LogP contribution < -0.4 is 4.72 Å². The molecule has 4 heteroatoms. The van der Waals surface area contributed by atoms with Gasteiger partial charge in [-0.15, -0.1) is 4.72 Å². The second-order valence-corrected chi connectivity index (χ2v) is 8.19. The zero-order valence-electron chi connectivity index (χ0n) is 11.6. The van der Waals surface area contributed by atoms with Crippen molar-refractivity contribution in [3.63, 3.8) is 0 Å². The fourth-order valence-electron chi connectivity index (χ4n) is 2.64. The molecule has 1 aliphatic rings. The topological polar surface area (TPSA) is 55.3 Å². The van der Waals surface area contributed by atoms with Gasteiger partial charge in [0, 0.05) is 16.8 Å². The summed E-state index contributed by atoms with van der Waals surface area (Å²) in [4.78, 5) is 0. The van der Waals surface area contributed by atoms with E-state index < -0.39 is 11.4 Å². The van der Waals surface area contributed by atoms with Gasteiger partial charge < -0.3 is 9.66 Å². The summed E-state index contributed by atoms with van der Waals surface area (Å²) >= 11 is -1.05. The molecule has 2 N–H and O–H groups in total. The lowest BCUT2D eigenvalue weighted by atomic mass is 9.78. The maximum Gasteiger partial charge on any atom is 0.136 e. The summed E-state index contributed by atoms with van der Waals surface area (Å²) in [7, 11) is 0. The van der Waals surface area contributed by atoms with Crippen molar-refractivity contribution in [3.05, 3.63) is 0 Å². The van der Waals surface area contributed by atoms with Crippen molar-refractivity contribution < 1.29 is 9.66 Å². The highest BCUT2D eigenvalue weighted by atomic mass is 32.2. The van der Waals surface area contributed by atoms with Gasteiger partial charge in [-0.25, -0.2) is 0 Å². The molecule has 0 aromatic rings. The number of nitrogens with one attached hydrogen (secondary N) is 1. The van der Waals surface area contributed by atoms with E-state index in [0.717, 1.165) is 19.3 Å². The Morgan fingerprint density at radius 2 is 1.88 bits per heavy atom. The predicted octanol–water partition coefficient (Wildman–Crippen LogP) is 2.37. The summed E-state index contributed by atoms with van der Waals surface area (Å²) in [6.45, 7) is 8.24. The van der Waals surface area contributed by atoms with E-state index in [1.54, 1.807) is 0 Å². The van der Waals surface area contributed by atoms with Crippen LogP contribution in [-0.2, 0) is 11.4 Å². The van der Waals surface area contributed by atoms with Crippen LogP contribution in [0.4, 0.5) is 0 Å². The Kier molecular flexibility index (Phi) is 5.32. The van der Waals surface area contributed by atoms with Gasteiger partial charge in [0.1, 0.15) is 4.75 Å². The Hall–Kier alpha value is 0.230. The highest BCUT2D eigenvalue weighted by molar-refractivity contribution is 7.90. The first-order chi connectivity index (χ1) is 7.85. The maximum absolute atomic E-state index is 12.2. The summed E-state index contributed by atoms with van der Waals surface area (Å²) < 4.78 is 15.2. The standard InChI is InChI=1S/C13H27NO2S/c1-5-11(14-17(16)12(2,3)4)13(10-15)8-6-7-9-13/h11,14-15H,5-10H2,1-4H3/t11-,17?/m1/s1. The van der Waals surface area contributed by atoms with Gasteiger partial charge in [0.25, 0.3) is 0 Å².